The average molecular weight is 1550 g/mol. The van der Waals surface area contributed by atoms with E-state index in [2.05, 4.69) is 93.7 Å². The quantitative estimate of drug-likeness (QED) is 0.0169. The molecule has 1 aliphatic rings. The highest BCUT2D eigenvalue weighted by Crippen LogP contribution is 2.24. The number of rotatable bonds is 43. The van der Waals surface area contributed by atoms with Gasteiger partial charge in [-0.15, -0.1) is 0 Å². The summed E-state index contributed by atoms with van der Waals surface area (Å²) in [5.74, 6) is -16.9. The fraction of sp³-hybridized carbons (Fsp3) is 0.465. The summed E-state index contributed by atoms with van der Waals surface area (Å²) in [6.45, 7) is 5.43. The van der Waals surface area contributed by atoms with Crippen LogP contribution in [0.1, 0.15) is 102 Å². The van der Waals surface area contributed by atoms with Crippen LogP contribution in [-0.4, -0.2) is 222 Å². The molecule has 22 N–H and O–H groups in total. The van der Waals surface area contributed by atoms with Crippen LogP contribution in [0, 0.1) is 5.92 Å². The Morgan fingerprint density at radius 2 is 0.954 bits per heavy atom. The number of carboxylic acids is 1. The molecule has 3 heterocycles. The fourth-order valence-electron chi connectivity index (χ4n) is 12.1. The molecule has 2 aromatic heterocycles. The van der Waals surface area contributed by atoms with E-state index >= 15 is 9.59 Å². The number of nitrogens with two attached hydrogens (primary N) is 3. The van der Waals surface area contributed by atoms with Gasteiger partial charge in [-0.05, 0) is 92.3 Å². The molecule has 590 valence electrons. The fourth-order valence-corrected chi connectivity index (χ4v) is 12.6. The van der Waals surface area contributed by atoms with E-state index in [4.69, 9.17) is 17.2 Å². The number of nitrogens with zero attached hydrogens (tertiary/aromatic N) is 1. The van der Waals surface area contributed by atoms with E-state index in [9.17, 15) is 82.4 Å². The van der Waals surface area contributed by atoms with Crippen LogP contribution in [0.25, 0.3) is 21.8 Å². The summed E-state index contributed by atoms with van der Waals surface area (Å²) in [7, 11) is 0. The van der Waals surface area contributed by atoms with Gasteiger partial charge in [0.1, 0.15) is 72.2 Å². The number of aromatic amines is 2. The van der Waals surface area contributed by atoms with E-state index in [1.54, 1.807) is 60.9 Å². The second-order valence-electron chi connectivity index (χ2n) is 26.8. The predicted octanol–water partition coefficient (Wildman–Crippen LogP) is -3.47. The number of fused-ring (bicyclic) bond motifs is 2. The van der Waals surface area contributed by atoms with Crippen molar-refractivity contribution in [2.24, 2.45) is 23.1 Å². The largest absolute Gasteiger partial charge is 0.508 e. The molecule has 0 bridgehead atoms. The standard InChI is InChI=1S/C71H95N17O19S2/c1-35(2)15-20-46(62(98)79-48(22-24-59(95)96)63(99)84-52(29-57(73)93)61(97)77-32-58(74)94)80-66(102)50(27-39-30-75-44-12-7-5-10-42(39)44)83-65(101)49(26-38-16-18-41(91)19-17-38)82-68(104)53(33-108)86-64(100)47(21-23-56(72)92)81-67(103)51(28-40-31-76-45-13-8-6-11-43(40)45)85-70(106)60(36(3)89)87-69(105)55-14-9-25-88(55)71(107)54(34-109)78-37(4)90/h5-8,10-13,16-19,30-31,35-36,46-55,60,75-76,89,91,108-109H,9,14-15,20-29,32-34H2,1-4H3,(H2,72,92)(H2,73,93)(H2,74,94)(H,77,97)(H,78,90)(H,79,98)(H,80,102)(H,81,103)(H,82,104)(H,83,101)(H,84,99)(H,85,106)(H,86,100)(H,87,105)(H,95,96)/t36-,46+,47+,48+,49+,50+,51+,52+,53+,54+,55+,60+/m1/s1. The summed E-state index contributed by atoms with van der Waals surface area (Å²) in [4.78, 5) is 225. The van der Waals surface area contributed by atoms with Crippen LogP contribution in [0.5, 0.6) is 5.75 Å². The molecule has 5 aromatic rings. The van der Waals surface area contributed by atoms with Crippen LogP contribution in [0.2, 0.25) is 0 Å². The molecule has 36 nitrogen and oxygen atoms in total. The number of likely N-dealkylation sites (tertiary alicyclic amines) is 1. The molecule has 109 heavy (non-hydrogen) atoms. The Morgan fingerprint density at radius 1 is 0.505 bits per heavy atom. The average Bonchev–Trinajstić information content (AvgIpc) is 1.69. The minimum atomic E-state index is -1.77. The first kappa shape index (κ1) is 86.6. The van der Waals surface area contributed by atoms with Crippen LogP contribution in [0.15, 0.2) is 85.2 Å². The van der Waals surface area contributed by atoms with Crippen LogP contribution in [-0.2, 0) is 96.0 Å². The van der Waals surface area contributed by atoms with Gasteiger partial charge in [0.2, 0.25) is 88.6 Å². The van der Waals surface area contributed by atoms with Crippen LogP contribution < -0.4 is 75.7 Å². The molecule has 3 aromatic carbocycles. The zero-order valence-corrected chi connectivity index (χ0v) is 62.1. The van der Waals surface area contributed by atoms with Crippen molar-refractivity contribution in [3.8, 4) is 5.75 Å². The molecule has 1 aliphatic heterocycles. The second kappa shape index (κ2) is 41.7. The van der Waals surface area contributed by atoms with Gasteiger partial charge in [-0.3, -0.25) is 76.7 Å². The Labute approximate surface area is 636 Å². The summed E-state index contributed by atoms with van der Waals surface area (Å²) in [6, 6.07) is 1.92. The highest BCUT2D eigenvalue weighted by Gasteiger charge is 2.41. The normalized spacial score (nSPS) is 15.6. The molecule has 0 spiro atoms. The molecular formula is C71H95N17O19S2. The number of amides is 15. The Morgan fingerprint density at radius 3 is 1.42 bits per heavy atom. The minimum absolute atomic E-state index is 0.0995. The minimum Gasteiger partial charge on any atom is -0.508 e. The zero-order valence-electron chi connectivity index (χ0n) is 60.3. The van der Waals surface area contributed by atoms with Gasteiger partial charge >= 0.3 is 5.97 Å². The van der Waals surface area contributed by atoms with E-state index in [0.717, 1.165) is 0 Å². The molecule has 38 heteroatoms. The highest BCUT2D eigenvalue weighted by molar-refractivity contribution is 7.80. The van der Waals surface area contributed by atoms with Gasteiger partial charge in [0.15, 0.2) is 0 Å². The number of aromatic hydroxyl groups is 1. The molecular weight excluding hydrogens is 1460 g/mol. The molecule has 0 saturated carbocycles. The van der Waals surface area contributed by atoms with Crippen molar-refractivity contribution in [1.82, 2.24) is 73.4 Å². The third-order valence-electron chi connectivity index (χ3n) is 17.8. The van der Waals surface area contributed by atoms with Crippen molar-refractivity contribution < 1.29 is 92.0 Å². The molecule has 0 aliphatic carbocycles. The molecule has 1 fully saturated rings. The monoisotopic (exact) mass is 1550 g/mol. The zero-order chi connectivity index (χ0) is 80.3. The van der Waals surface area contributed by atoms with Crippen molar-refractivity contribution in [2.75, 3.05) is 24.6 Å². The number of carboxylic acid groups (broad SMARTS) is 1. The first-order valence-electron chi connectivity index (χ1n) is 35.1. The third kappa shape index (κ3) is 26.6. The maximum Gasteiger partial charge on any atom is 0.303 e. The first-order valence-corrected chi connectivity index (χ1v) is 36.4. The maximum atomic E-state index is 15.1. The number of hydrogen-bond acceptors (Lipinski definition) is 20. The first-order chi connectivity index (χ1) is 51.7. The highest BCUT2D eigenvalue weighted by atomic mass is 32.1. The number of nitrogens with one attached hydrogen (secondary N) is 13. The molecule has 12 atom stereocenters. The van der Waals surface area contributed by atoms with Gasteiger partial charge in [-0.25, -0.2) is 0 Å². The topological polar surface area (TPSA) is 579 Å². The van der Waals surface area contributed by atoms with Crippen molar-refractivity contribution in [3.05, 3.63) is 102 Å². The van der Waals surface area contributed by atoms with Crippen LogP contribution in [0.3, 0.4) is 0 Å². The Hall–Kier alpha value is -11.3. The van der Waals surface area contributed by atoms with Gasteiger partial charge in [0.25, 0.3) is 0 Å². The van der Waals surface area contributed by atoms with E-state index in [1.165, 1.54) is 43.0 Å². The Kier molecular flexibility index (Phi) is 33.2. The number of H-pyrrole nitrogens is 2. The van der Waals surface area contributed by atoms with E-state index in [-0.39, 0.29) is 62.5 Å². The van der Waals surface area contributed by atoms with E-state index < -0.39 is 212 Å². The lowest BCUT2D eigenvalue weighted by Gasteiger charge is -2.30. The molecule has 1 saturated heterocycles. The summed E-state index contributed by atoms with van der Waals surface area (Å²) < 4.78 is 0. The van der Waals surface area contributed by atoms with Crippen molar-refractivity contribution in [3.63, 3.8) is 0 Å². The summed E-state index contributed by atoms with van der Waals surface area (Å²) in [6.07, 6.45) is -1.99. The third-order valence-corrected chi connectivity index (χ3v) is 18.5. The Bertz CT molecular complexity index is 4130. The lowest BCUT2D eigenvalue weighted by atomic mass is 9.99. The van der Waals surface area contributed by atoms with Gasteiger partial charge in [0.05, 0.1) is 19.1 Å². The Balaban J connectivity index is 1.28. The van der Waals surface area contributed by atoms with Crippen LogP contribution >= 0.6 is 25.3 Å². The predicted molar refractivity (Wildman–Crippen MR) is 400 cm³/mol. The second-order valence-corrected chi connectivity index (χ2v) is 27.5. The number of carbonyl (C=O) groups is 16. The summed E-state index contributed by atoms with van der Waals surface area (Å²) >= 11 is 8.56. The maximum absolute atomic E-state index is 15.1. The number of aliphatic carboxylic acids is 1. The SMILES string of the molecule is CC(=O)N[C@@H](CS)C(=O)N1CCC[C@H]1C(=O)N[C@H](C(=O)N[C@@H](Cc1c[nH]c2ccccc12)C(=O)N[C@@H](CCC(N)=O)C(=O)N[C@@H](CS)C(=O)N[C@@H](Cc1ccc(O)cc1)C(=O)N[C@@H](Cc1c[nH]c2ccccc12)C(=O)N[C@@H](CCC(C)C)C(=O)N[C@@H](CCC(=O)O)C(=O)N[C@@H](CC(N)=O)C(=O)NCC(N)=O)[C@@H](C)O. The number of hydrogen-bond donors (Lipinski definition) is 21. The number of benzene rings is 3. The number of aliphatic hydroxyl groups excluding tert-OH is 1. The number of phenolic OH excluding ortho intramolecular Hbond substituents is 1. The van der Waals surface area contributed by atoms with Crippen LogP contribution in [0.4, 0.5) is 0 Å². The molecule has 15 amide bonds. The van der Waals surface area contributed by atoms with Gasteiger partial charge < -0.3 is 106 Å². The summed E-state index contributed by atoms with van der Waals surface area (Å²) in [5.41, 5.74) is 18.6. The van der Waals surface area contributed by atoms with E-state index in [0.29, 0.717) is 44.9 Å². The molecule has 0 unspecified atom stereocenters. The van der Waals surface area contributed by atoms with Crippen molar-refractivity contribution >= 4 is 142 Å². The van der Waals surface area contributed by atoms with Crippen molar-refractivity contribution in [1.29, 1.82) is 0 Å². The number of para-hydroxylation sites is 2. The number of phenols is 1. The lowest BCUT2D eigenvalue weighted by molar-refractivity contribution is -0.142. The smallest absolute Gasteiger partial charge is 0.303 e. The lowest BCUT2D eigenvalue weighted by Crippen LogP contribution is -2.62. The van der Waals surface area contributed by atoms with Gasteiger partial charge in [-0.2, -0.15) is 25.3 Å². The molecule has 6 rings (SSSR count). The van der Waals surface area contributed by atoms with Crippen molar-refractivity contribution in [2.45, 2.75) is 177 Å². The van der Waals surface area contributed by atoms with Gasteiger partial charge in [-0.1, -0.05) is 62.4 Å². The van der Waals surface area contributed by atoms with Gasteiger partial charge in [0, 0.05) is 91.3 Å². The number of primary amides is 3. The van der Waals surface area contributed by atoms with E-state index in [1.807, 2.05) is 13.8 Å². The number of thiol groups is 2. The number of carbonyl (C=O) groups excluding carboxylic acids is 15. The summed E-state index contributed by atoms with van der Waals surface area (Å²) in [5, 5.41) is 59.6. The molecule has 0 radical (unpaired) electrons. The number of aliphatic hydroxyl groups is 1. The number of aromatic nitrogens is 2.